The third-order valence-electron chi connectivity index (χ3n) is 4.11. The summed E-state index contributed by atoms with van der Waals surface area (Å²) in [5.41, 5.74) is -0.617. The molecule has 1 saturated heterocycles. The van der Waals surface area contributed by atoms with E-state index in [1.165, 1.54) is 0 Å². The van der Waals surface area contributed by atoms with Gasteiger partial charge in [0.05, 0.1) is 5.41 Å². The lowest BCUT2D eigenvalue weighted by atomic mass is 9.90. The molecule has 2 atom stereocenters. The smallest absolute Gasteiger partial charge is 0.311 e. The van der Waals surface area contributed by atoms with Gasteiger partial charge in [-0.3, -0.25) is 9.59 Å². The van der Waals surface area contributed by atoms with Gasteiger partial charge in [0.2, 0.25) is 5.91 Å². The highest BCUT2D eigenvalue weighted by Gasteiger charge is 2.54. The van der Waals surface area contributed by atoms with Gasteiger partial charge in [-0.25, -0.2) is 0 Å². The molecule has 0 aromatic heterocycles. The van der Waals surface area contributed by atoms with Crippen molar-refractivity contribution in [2.24, 2.45) is 16.7 Å². The van der Waals surface area contributed by atoms with Crippen LogP contribution in [0, 0.1) is 16.7 Å². The maximum atomic E-state index is 12.1. The average Bonchev–Trinajstić information content (AvgIpc) is 2.62. The Kier molecular flexibility index (Phi) is 2.30. The summed E-state index contributed by atoms with van der Waals surface area (Å²) < 4.78 is 0. The minimum atomic E-state index is -0.794. The molecular weight excluding hydrogens is 206 g/mol. The Morgan fingerprint density at radius 2 is 1.88 bits per heavy atom. The zero-order valence-electron chi connectivity index (χ0n) is 10.1. The van der Waals surface area contributed by atoms with Crippen LogP contribution in [0.15, 0.2) is 0 Å². The normalized spacial score (nSPS) is 36.2. The summed E-state index contributed by atoms with van der Waals surface area (Å²) in [4.78, 5) is 24.9. The molecule has 0 spiro atoms. The second-order valence-electron chi connectivity index (χ2n) is 6.12. The molecule has 1 aliphatic carbocycles. The maximum absolute atomic E-state index is 12.1. The molecule has 0 aromatic rings. The van der Waals surface area contributed by atoms with Gasteiger partial charge in [-0.1, -0.05) is 13.8 Å². The highest BCUT2D eigenvalue weighted by atomic mass is 16.4. The van der Waals surface area contributed by atoms with Crippen molar-refractivity contribution in [3.8, 4) is 0 Å². The number of aliphatic carboxylic acids is 1. The van der Waals surface area contributed by atoms with Gasteiger partial charge in [0, 0.05) is 19.0 Å². The highest BCUT2D eigenvalue weighted by molar-refractivity contribution is 5.84. The Balaban J connectivity index is 2.00. The molecule has 1 aliphatic heterocycles. The van der Waals surface area contributed by atoms with Gasteiger partial charge >= 0.3 is 5.97 Å². The second kappa shape index (κ2) is 3.22. The second-order valence-corrected chi connectivity index (χ2v) is 6.12. The lowest BCUT2D eigenvalue weighted by Gasteiger charge is -2.20. The number of hydrogen-bond donors (Lipinski definition) is 1. The number of carboxylic acids is 1. The number of carbonyl (C=O) groups excluding carboxylic acids is 1. The molecule has 16 heavy (non-hydrogen) atoms. The van der Waals surface area contributed by atoms with Crippen molar-refractivity contribution in [1.82, 2.24) is 4.90 Å². The molecule has 1 N–H and O–H groups in total. The van der Waals surface area contributed by atoms with Crippen molar-refractivity contribution in [3.63, 3.8) is 0 Å². The minimum absolute atomic E-state index is 0.114. The average molecular weight is 225 g/mol. The summed E-state index contributed by atoms with van der Waals surface area (Å²) in [6, 6.07) is 0. The Hall–Kier alpha value is -1.06. The molecule has 0 aromatic carbocycles. The zero-order chi connectivity index (χ0) is 12.1. The topological polar surface area (TPSA) is 57.6 Å². The van der Waals surface area contributed by atoms with Crippen molar-refractivity contribution >= 4 is 11.9 Å². The first kappa shape index (κ1) is 11.4. The lowest BCUT2D eigenvalue weighted by Crippen LogP contribution is -2.36. The summed E-state index contributed by atoms with van der Waals surface area (Å²) >= 11 is 0. The van der Waals surface area contributed by atoms with E-state index >= 15 is 0 Å². The van der Waals surface area contributed by atoms with E-state index in [0.717, 1.165) is 6.42 Å². The van der Waals surface area contributed by atoms with Crippen LogP contribution in [0.2, 0.25) is 0 Å². The van der Waals surface area contributed by atoms with Gasteiger partial charge in [-0.2, -0.15) is 0 Å². The van der Waals surface area contributed by atoms with Crippen LogP contribution < -0.4 is 0 Å². The molecule has 0 bridgehead atoms. The quantitative estimate of drug-likeness (QED) is 0.772. The van der Waals surface area contributed by atoms with Crippen molar-refractivity contribution in [3.05, 3.63) is 0 Å². The van der Waals surface area contributed by atoms with E-state index in [9.17, 15) is 9.59 Å². The van der Waals surface area contributed by atoms with Gasteiger partial charge in [0.25, 0.3) is 0 Å². The lowest BCUT2D eigenvalue weighted by molar-refractivity contribution is -0.147. The Labute approximate surface area is 95.6 Å². The zero-order valence-corrected chi connectivity index (χ0v) is 10.1. The van der Waals surface area contributed by atoms with E-state index in [4.69, 9.17) is 5.11 Å². The predicted octanol–water partition coefficient (Wildman–Crippen LogP) is 1.36. The predicted molar refractivity (Wildman–Crippen MR) is 58.8 cm³/mol. The van der Waals surface area contributed by atoms with Crippen LogP contribution >= 0.6 is 0 Å². The fourth-order valence-electron chi connectivity index (χ4n) is 2.43. The summed E-state index contributed by atoms with van der Waals surface area (Å²) in [5, 5.41) is 9.09. The number of likely N-dealkylation sites (tertiary alicyclic amines) is 1. The monoisotopic (exact) mass is 225 g/mol. The molecule has 0 radical (unpaired) electrons. The van der Waals surface area contributed by atoms with Crippen LogP contribution in [-0.2, 0) is 9.59 Å². The van der Waals surface area contributed by atoms with E-state index < -0.39 is 11.4 Å². The van der Waals surface area contributed by atoms with Gasteiger partial charge in [0.1, 0.15) is 0 Å². The van der Waals surface area contributed by atoms with Gasteiger partial charge < -0.3 is 10.0 Å². The molecule has 2 fully saturated rings. The highest BCUT2D eigenvalue weighted by Crippen LogP contribution is 2.53. The van der Waals surface area contributed by atoms with Crippen LogP contribution in [-0.4, -0.2) is 35.0 Å². The summed E-state index contributed by atoms with van der Waals surface area (Å²) in [5.74, 6) is -0.531. The third-order valence-corrected chi connectivity index (χ3v) is 4.11. The van der Waals surface area contributed by atoms with E-state index in [2.05, 4.69) is 13.8 Å². The molecular formula is C12H19NO3. The molecule has 1 unspecified atom stereocenters. The minimum Gasteiger partial charge on any atom is -0.481 e. The van der Waals surface area contributed by atoms with Crippen LogP contribution in [0.4, 0.5) is 0 Å². The molecule has 1 saturated carbocycles. The third kappa shape index (κ3) is 1.70. The van der Waals surface area contributed by atoms with Crippen molar-refractivity contribution in [1.29, 1.82) is 0 Å². The van der Waals surface area contributed by atoms with Crippen molar-refractivity contribution < 1.29 is 14.7 Å². The van der Waals surface area contributed by atoms with E-state index in [-0.39, 0.29) is 17.2 Å². The van der Waals surface area contributed by atoms with Crippen molar-refractivity contribution in [2.45, 2.75) is 33.6 Å². The number of nitrogens with zero attached hydrogens (tertiary/aromatic N) is 1. The van der Waals surface area contributed by atoms with Crippen LogP contribution in [0.25, 0.3) is 0 Å². The molecule has 4 nitrogen and oxygen atoms in total. The van der Waals surface area contributed by atoms with Gasteiger partial charge in [0.15, 0.2) is 0 Å². The number of rotatable bonds is 2. The fraction of sp³-hybridized carbons (Fsp3) is 0.833. The Bertz CT molecular complexity index is 350. The molecule has 2 rings (SSSR count). The first-order chi connectivity index (χ1) is 7.26. The summed E-state index contributed by atoms with van der Waals surface area (Å²) in [6.45, 7) is 6.85. The molecule has 1 heterocycles. The van der Waals surface area contributed by atoms with Crippen LogP contribution in [0.3, 0.4) is 0 Å². The van der Waals surface area contributed by atoms with E-state index in [1.807, 2.05) is 0 Å². The van der Waals surface area contributed by atoms with E-state index in [0.29, 0.717) is 19.5 Å². The van der Waals surface area contributed by atoms with Gasteiger partial charge in [-0.15, -0.1) is 0 Å². The van der Waals surface area contributed by atoms with Crippen LogP contribution in [0.5, 0.6) is 0 Å². The number of carboxylic acid groups (broad SMARTS) is 1. The molecule has 1 amide bonds. The van der Waals surface area contributed by atoms with Gasteiger partial charge in [-0.05, 0) is 25.2 Å². The Morgan fingerprint density at radius 1 is 1.31 bits per heavy atom. The first-order valence-electron chi connectivity index (χ1n) is 5.78. The summed E-state index contributed by atoms with van der Waals surface area (Å²) in [6.07, 6.45) is 1.51. The standard InChI is InChI=1S/C12H19NO3/c1-11(2)6-8(11)9(14)13-5-4-12(3,7-13)10(15)16/h8H,4-7H2,1-3H3,(H,15,16)/t8-,12?/m1/s1. The largest absolute Gasteiger partial charge is 0.481 e. The number of hydrogen-bond acceptors (Lipinski definition) is 2. The van der Waals surface area contributed by atoms with Crippen LogP contribution in [0.1, 0.15) is 33.6 Å². The first-order valence-corrected chi connectivity index (χ1v) is 5.78. The summed E-state index contributed by atoms with van der Waals surface area (Å²) in [7, 11) is 0. The maximum Gasteiger partial charge on any atom is 0.311 e. The molecule has 4 heteroatoms. The van der Waals surface area contributed by atoms with Crippen molar-refractivity contribution in [2.75, 3.05) is 13.1 Å². The molecule has 2 aliphatic rings. The fourth-order valence-corrected chi connectivity index (χ4v) is 2.43. The Morgan fingerprint density at radius 3 is 2.25 bits per heavy atom. The molecule has 90 valence electrons. The SMILES string of the molecule is CC1(C(=O)O)CCN(C(=O)[C@H]2CC2(C)C)C1. The number of amides is 1. The number of carbonyl (C=O) groups is 2. The van der Waals surface area contributed by atoms with E-state index in [1.54, 1.807) is 11.8 Å².